The van der Waals surface area contributed by atoms with Crippen molar-refractivity contribution in [1.82, 2.24) is 0 Å². The van der Waals surface area contributed by atoms with Gasteiger partial charge in [0.25, 0.3) is 8.32 Å². The average Bonchev–Trinajstić information content (AvgIpc) is 3.10. The van der Waals surface area contributed by atoms with Crippen molar-refractivity contribution in [2.24, 2.45) is 0 Å². The Morgan fingerprint density at radius 1 is 0.490 bits per heavy atom. The lowest BCUT2D eigenvalue weighted by Gasteiger charge is -2.43. The highest BCUT2D eigenvalue weighted by Gasteiger charge is 2.50. The van der Waals surface area contributed by atoms with Gasteiger partial charge in [-0.15, -0.1) is 0 Å². The van der Waals surface area contributed by atoms with Gasteiger partial charge in [0, 0.05) is 0 Å². The number of hydrogen-bond donors (Lipinski definition) is 0. The normalized spacial score (nSPS) is 12.0. The van der Waals surface area contributed by atoms with Gasteiger partial charge in [-0.3, -0.25) is 4.79 Å². The van der Waals surface area contributed by atoms with Crippen LogP contribution in [-0.2, 0) is 51.9 Å². The molecule has 0 spiro atoms. The molecule has 0 aliphatic carbocycles. The number of carbonyl (C=O) groups is 1. The molecule has 49 heavy (non-hydrogen) atoms. The zero-order valence-corrected chi connectivity index (χ0v) is 31.2. The predicted molar refractivity (Wildman–Crippen MR) is 191 cm³/mol. The molecular formula is C37H60O11Si. The van der Waals surface area contributed by atoms with E-state index in [4.69, 9.17) is 47.1 Å². The second-order valence-corrected chi connectivity index (χ2v) is 16.3. The maximum Gasteiger partial charge on any atom is 0.308 e. The van der Waals surface area contributed by atoms with Crippen LogP contribution < -0.4 is 10.4 Å². The van der Waals surface area contributed by atoms with Crippen LogP contribution >= 0.6 is 0 Å². The minimum atomic E-state index is -2.54. The summed E-state index contributed by atoms with van der Waals surface area (Å²) in [4.78, 5) is 11.2. The van der Waals surface area contributed by atoms with Crippen LogP contribution in [0, 0.1) is 0 Å². The summed E-state index contributed by atoms with van der Waals surface area (Å²) in [5, 5.41) is 2.47. The molecule has 2 aromatic carbocycles. The van der Waals surface area contributed by atoms with Crippen molar-refractivity contribution in [3.63, 3.8) is 0 Å². The molecule has 0 saturated carbocycles. The fourth-order valence-corrected chi connectivity index (χ4v) is 9.59. The van der Waals surface area contributed by atoms with Gasteiger partial charge >= 0.3 is 5.97 Å². The highest BCUT2D eigenvalue weighted by Crippen LogP contribution is 2.36. The smallest absolute Gasteiger partial charge is 0.308 e. The fourth-order valence-electron chi connectivity index (χ4n) is 5.05. The summed E-state index contributed by atoms with van der Waals surface area (Å²) in [5.74, 6) is -0.249. The van der Waals surface area contributed by atoms with Crippen LogP contribution in [0.5, 0.6) is 0 Å². The molecular weight excluding hydrogens is 648 g/mol. The van der Waals surface area contributed by atoms with Crippen molar-refractivity contribution in [3.8, 4) is 0 Å². The molecule has 0 unspecified atom stereocenters. The van der Waals surface area contributed by atoms with Gasteiger partial charge in [-0.1, -0.05) is 81.4 Å². The molecule has 0 aliphatic heterocycles. The lowest BCUT2D eigenvalue weighted by Crippen LogP contribution is -2.66. The van der Waals surface area contributed by atoms with Gasteiger partial charge in [-0.05, 0) is 22.3 Å². The minimum absolute atomic E-state index is 0.0575. The Balaban J connectivity index is 1.37. The van der Waals surface area contributed by atoms with Crippen LogP contribution in [0.4, 0.5) is 0 Å². The molecule has 0 aliphatic rings. The van der Waals surface area contributed by atoms with Gasteiger partial charge in [-0.2, -0.15) is 0 Å². The molecule has 2 aromatic rings. The molecule has 0 saturated heterocycles. The van der Waals surface area contributed by atoms with Crippen molar-refractivity contribution in [1.29, 1.82) is 0 Å². The molecule has 0 radical (unpaired) electrons. The lowest BCUT2D eigenvalue weighted by molar-refractivity contribution is -0.144. The van der Waals surface area contributed by atoms with Gasteiger partial charge in [0.2, 0.25) is 0 Å². The van der Waals surface area contributed by atoms with Gasteiger partial charge in [0.15, 0.2) is 0 Å². The molecule has 11 nitrogen and oxygen atoms in total. The molecule has 0 N–H and O–H groups in total. The number of esters is 1. The van der Waals surface area contributed by atoms with Crippen LogP contribution in [0.3, 0.4) is 0 Å². The number of rotatable bonds is 31. The van der Waals surface area contributed by atoms with E-state index in [0.717, 1.165) is 0 Å². The van der Waals surface area contributed by atoms with E-state index in [1.807, 2.05) is 0 Å². The maximum atomic E-state index is 11.2. The van der Waals surface area contributed by atoms with Crippen molar-refractivity contribution in [3.05, 3.63) is 60.7 Å². The lowest BCUT2D eigenvalue weighted by atomic mass is 10.2. The molecule has 278 valence electrons. The number of hydrogen-bond acceptors (Lipinski definition) is 11. The van der Waals surface area contributed by atoms with Crippen molar-refractivity contribution in [2.45, 2.75) is 39.2 Å². The van der Waals surface area contributed by atoms with E-state index in [9.17, 15) is 4.79 Å². The summed E-state index contributed by atoms with van der Waals surface area (Å²) in [6.07, 6.45) is 0.257. The van der Waals surface area contributed by atoms with E-state index in [2.05, 4.69) is 81.4 Å². The molecule has 0 fully saturated rings. The molecule has 12 heteroatoms. The van der Waals surface area contributed by atoms with Crippen molar-refractivity contribution >= 4 is 24.7 Å². The summed E-state index contributed by atoms with van der Waals surface area (Å²) >= 11 is 0. The van der Waals surface area contributed by atoms with Crippen molar-refractivity contribution in [2.75, 3.05) is 119 Å². The van der Waals surface area contributed by atoms with E-state index >= 15 is 0 Å². The Morgan fingerprint density at radius 2 is 0.796 bits per heavy atom. The second kappa shape index (κ2) is 27.5. The van der Waals surface area contributed by atoms with E-state index in [0.29, 0.717) is 119 Å². The fraction of sp³-hybridized carbons (Fsp3) is 0.649. The monoisotopic (exact) mass is 708 g/mol. The Labute approximate surface area is 294 Å². The van der Waals surface area contributed by atoms with Gasteiger partial charge in [0.1, 0.15) is 0 Å². The average molecular weight is 709 g/mol. The van der Waals surface area contributed by atoms with Gasteiger partial charge < -0.3 is 47.1 Å². The SMILES string of the molecule is CCOC(=O)CCOCCOCCOCCOCCOCCOCCOCCOCCO[Si](c1ccccc1)(c1ccccc1)C(C)(C)C. The first-order chi connectivity index (χ1) is 23.9. The Kier molecular flexibility index (Phi) is 24.1. The first kappa shape index (κ1) is 42.9. The van der Waals surface area contributed by atoms with Crippen LogP contribution in [0.15, 0.2) is 60.7 Å². The molecule has 0 bridgehead atoms. The number of ether oxygens (including phenoxy) is 9. The van der Waals surface area contributed by atoms with Crippen molar-refractivity contribution < 1.29 is 51.9 Å². The quantitative estimate of drug-likeness (QED) is 0.0651. The Hall–Kier alpha value is -2.23. The first-order valence-electron chi connectivity index (χ1n) is 17.4. The minimum Gasteiger partial charge on any atom is -0.466 e. The zero-order chi connectivity index (χ0) is 35.3. The molecule has 2 rings (SSSR count). The van der Waals surface area contributed by atoms with Gasteiger partial charge in [0.05, 0.1) is 125 Å². The first-order valence-corrected chi connectivity index (χ1v) is 19.3. The highest BCUT2D eigenvalue weighted by molar-refractivity contribution is 6.99. The molecule has 0 heterocycles. The predicted octanol–water partition coefficient (Wildman–Crippen LogP) is 3.65. The van der Waals surface area contributed by atoms with Crippen LogP contribution in [0.25, 0.3) is 0 Å². The summed E-state index contributed by atoms with van der Waals surface area (Å²) in [7, 11) is -2.54. The third kappa shape index (κ3) is 18.5. The van der Waals surface area contributed by atoms with Crippen LogP contribution in [0.1, 0.15) is 34.1 Å². The number of carbonyl (C=O) groups excluding carboxylic acids is 1. The summed E-state index contributed by atoms with van der Waals surface area (Å²) in [5.41, 5.74) is 0. The zero-order valence-electron chi connectivity index (χ0n) is 30.2. The highest BCUT2D eigenvalue weighted by atomic mass is 28.4. The largest absolute Gasteiger partial charge is 0.466 e. The summed E-state index contributed by atoms with van der Waals surface area (Å²) < 4.78 is 55.9. The third-order valence-electron chi connectivity index (χ3n) is 7.32. The van der Waals surface area contributed by atoms with E-state index in [-0.39, 0.29) is 17.4 Å². The summed E-state index contributed by atoms with van der Waals surface area (Å²) in [6, 6.07) is 21.3. The van der Waals surface area contributed by atoms with Crippen LogP contribution in [0.2, 0.25) is 5.04 Å². The van der Waals surface area contributed by atoms with E-state index < -0.39 is 8.32 Å². The molecule has 0 aromatic heterocycles. The maximum absolute atomic E-state index is 11.2. The third-order valence-corrected chi connectivity index (χ3v) is 12.4. The van der Waals surface area contributed by atoms with E-state index in [1.54, 1.807) is 6.92 Å². The molecule has 0 atom stereocenters. The Bertz CT molecular complexity index is 1010. The molecule has 0 amide bonds. The second-order valence-electron chi connectivity index (χ2n) is 12.0. The number of benzene rings is 2. The van der Waals surface area contributed by atoms with Crippen LogP contribution in [-0.4, -0.2) is 133 Å². The topological polar surface area (TPSA) is 109 Å². The van der Waals surface area contributed by atoms with Gasteiger partial charge in [-0.25, -0.2) is 0 Å². The Morgan fingerprint density at radius 3 is 1.10 bits per heavy atom. The summed E-state index contributed by atoms with van der Waals surface area (Å²) in [6.45, 7) is 17.2. The van der Waals surface area contributed by atoms with E-state index in [1.165, 1.54) is 10.4 Å². The standard InChI is InChI=1S/C37H60O11Si/c1-5-47-36(38)16-17-39-18-19-40-20-21-41-22-23-42-24-25-43-26-27-44-28-29-45-30-31-46-32-33-48-49(37(2,3)4,34-12-8-6-9-13-34)35-14-10-7-11-15-35/h6-15H,5,16-33H2,1-4H3.